The third-order valence-corrected chi connectivity index (χ3v) is 19.0. The first-order chi connectivity index (χ1) is 33.8. The summed E-state index contributed by atoms with van der Waals surface area (Å²) in [5, 5.41) is 1.46. The first-order valence-corrected chi connectivity index (χ1v) is 35.9. The summed E-state index contributed by atoms with van der Waals surface area (Å²) < 4.78 is 15.3. The van der Waals surface area contributed by atoms with E-state index in [-0.39, 0.29) is 337 Å². The van der Waals surface area contributed by atoms with E-state index in [1.165, 1.54) is 17.3 Å². The maximum atomic E-state index is 10.1. The fourth-order valence-corrected chi connectivity index (χ4v) is 7.81. The van der Waals surface area contributed by atoms with Crippen LogP contribution in [0.5, 0.6) is 0 Å². The van der Waals surface area contributed by atoms with E-state index in [4.69, 9.17) is 14.2 Å². The van der Waals surface area contributed by atoms with E-state index in [2.05, 4.69) is 83.5 Å². The van der Waals surface area contributed by atoms with Crippen molar-refractivity contribution in [2.75, 3.05) is 40.0 Å². The summed E-state index contributed by atoms with van der Waals surface area (Å²) in [5.74, 6) is 1.42. The third-order valence-electron chi connectivity index (χ3n) is 10.2. The largest absolute Gasteiger partial charge is 0.388 e. The molecule has 5 aromatic carbocycles. The van der Waals surface area contributed by atoms with Crippen molar-refractivity contribution in [2.24, 2.45) is 17.8 Å². The number of hydrogen-bond acceptors (Lipinski definition) is 6. The average molecular weight is 2800 g/mol. The number of Topliss-reactive ketones (excluding diaryl/α,β-unsaturated/α-hetero) is 3. The minimum absolute atomic E-state index is 0. The molecule has 5 aromatic rings. The van der Waals surface area contributed by atoms with Crippen LogP contribution in [-0.2, 0) is 197 Å². The molecule has 600 valence electrons. The van der Waals surface area contributed by atoms with Crippen LogP contribution in [0.25, 0.3) is 0 Å². The summed E-state index contributed by atoms with van der Waals surface area (Å²) in [5.41, 5.74) is 0. The van der Waals surface area contributed by atoms with E-state index in [1.54, 1.807) is 42.1 Å². The van der Waals surface area contributed by atoms with Crippen LogP contribution in [-0.4, -0.2) is 81.6 Å². The van der Waals surface area contributed by atoms with E-state index in [9.17, 15) is 14.4 Å². The molecule has 0 spiro atoms. The van der Waals surface area contributed by atoms with Gasteiger partial charge in [0.25, 0.3) is 0 Å². The average Bonchev–Trinajstić information content (AvgIpc) is 3.38. The number of carbonyl (C=O) groups is 3. The number of hydrogen-bond donors (Lipinski definition) is 0. The van der Waals surface area contributed by atoms with Gasteiger partial charge >= 0.3 is 0 Å². The van der Waals surface area contributed by atoms with Crippen LogP contribution >= 0.6 is 0 Å². The molecule has 0 saturated heterocycles. The van der Waals surface area contributed by atoms with Gasteiger partial charge in [0.05, 0.1) is 16.1 Å². The molecule has 0 aliphatic heterocycles. The van der Waals surface area contributed by atoms with Crippen LogP contribution in [0.4, 0.5) is 0 Å². The van der Waals surface area contributed by atoms with E-state index < -0.39 is 24.2 Å². The Morgan fingerprint density at radius 1 is 0.296 bits per heavy atom. The second-order valence-corrected chi connectivity index (χ2v) is 34.8. The summed E-state index contributed by atoms with van der Waals surface area (Å²) in [7, 11) is 2.24. The monoisotopic (exact) mass is 2800 g/mol. The van der Waals surface area contributed by atoms with Gasteiger partial charge in [-0.05, 0) is 20.8 Å². The summed E-state index contributed by atoms with van der Waals surface area (Å²) in [6, 6.07) is 61.3. The smallest absolute Gasteiger partial charge is 0.132 e. The molecule has 0 aliphatic carbocycles. The Bertz CT molecular complexity index is 1540. The molecular formula is C81H172O6Si3W8-8. The van der Waals surface area contributed by atoms with Crippen LogP contribution in [0, 0.1) is 77.2 Å². The molecule has 0 aliphatic rings. The Morgan fingerprint density at radius 3 is 0.490 bits per heavy atom. The van der Waals surface area contributed by atoms with Gasteiger partial charge in [0.1, 0.15) is 25.4 Å². The Balaban J connectivity index is -0.0000000160. The van der Waals surface area contributed by atoms with Gasteiger partial charge in [0.15, 0.2) is 0 Å². The first kappa shape index (κ1) is 212. The zero-order chi connectivity index (χ0) is 56.7. The molecule has 0 N–H and O–H groups in total. The fourth-order valence-electron chi connectivity index (χ4n) is 3.86. The maximum Gasteiger partial charge on any atom is 0.132 e. The third kappa shape index (κ3) is 188. The number of benzene rings is 5. The van der Waals surface area contributed by atoms with Crippen LogP contribution in [0.15, 0.2) is 176 Å². The van der Waals surface area contributed by atoms with Gasteiger partial charge in [-0.25, -0.2) is 0 Å². The predicted molar refractivity (Wildman–Crippen MR) is 447 cm³/mol. The molecule has 0 unspecified atom stereocenters. The van der Waals surface area contributed by atoms with Gasteiger partial charge in [0.2, 0.25) is 0 Å². The first-order valence-electron chi connectivity index (χ1n) is 25.9. The molecule has 17 heteroatoms. The maximum absolute atomic E-state index is 10.1. The van der Waals surface area contributed by atoms with Crippen LogP contribution in [0.3, 0.4) is 0 Å². The standard InChI is InChI=1S/C10H16OSi.2C6H16OSi.4C6H6.3C5H10O.C2H6.10CH4.8CH3.8W/c1-11-9-12(2,3)10-7-5-4-6-8-10;2*1-5-8(3,4)6-7-2;4*1-2-4-6-5-3-1;3*1-4(2)5(3)6;1-2;;;;;;;;;;;;;;;;;;;;;;;;;;/h4-8H,9H2,1-3H3;2*5-6H2,1-4H3;4*1-6H;3*4H,1-3H3;1-2H3;10*1H4;8*1H3;;;;;;;;/q;;;;;;;;;;;;;;;;;;;;;8*-1;;;;;;;;. The second kappa shape index (κ2) is 156. The number of ether oxygens (including phenoxy) is 3. The minimum Gasteiger partial charge on any atom is -0.388 e. The van der Waals surface area contributed by atoms with Crippen molar-refractivity contribution in [1.29, 1.82) is 0 Å². The van der Waals surface area contributed by atoms with E-state index >= 15 is 0 Å². The van der Waals surface area contributed by atoms with Gasteiger partial charge in [-0.2, -0.15) is 0 Å². The molecule has 0 aromatic heterocycles. The van der Waals surface area contributed by atoms with Gasteiger partial charge < -0.3 is 73.6 Å². The minimum atomic E-state index is -1.30. The Morgan fingerprint density at radius 2 is 0.408 bits per heavy atom. The van der Waals surface area contributed by atoms with Crippen molar-refractivity contribution < 1.29 is 197 Å². The van der Waals surface area contributed by atoms with Crippen LogP contribution in [0.1, 0.15) is 164 Å². The molecule has 5 rings (SSSR count). The summed E-state index contributed by atoms with van der Waals surface area (Å²) in [6.07, 6.45) is 2.91. The van der Waals surface area contributed by atoms with E-state index in [0.717, 1.165) is 18.7 Å². The zero-order valence-corrected chi connectivity index (χ0v) is 87.7. The fraction of sp³-hybridized carbons (Fsp3) is 0.494. The Kier molecular flexibility index (Phi) is 336. The number of rotatable bonds is 12. The van der Waals surface area contributed by atoms with Gasteiger partial charge in [-0.15, -0.1) is 0 Å². The molecule has 0 atom stereocenters. The topological polar surface area (TPSA) is 78.9 Å². The normalized spacial score (nSPS) is 7.11. The summed E-state index contributed by atoms with van der Waals surface area (Å²) in [6.45, 7) is 38.7. The molecule has 0 radical (unpaired) electrons. The Labute approximate surface area is 744 Å². The van der Waals surface area contributed by atoms with Crippen molar-refractivity contribution in [2.45, 2.75) is 216 Å². The molecule has 98 heavy (non-hydrogen) atoms. The number of ketones is 3. The second-order valence-electron chi connectivity index (χ2n) is 19.5. The SMILES string of the molecule is C.C.C.C.C.C.C.C.C.C.CC.CC(=O)C(C)C.CC(=O)C(C)C.CC(=O)C(C)C.CC[Si](C)(C)COC.CC[Si](C)(C)COC.COC[Si](C)(C)c1ccccc1.[CH3-].[CH3-].[CH3-].[CH3-].[CH3-].[CH3-].[CH3-].[CH3-].[W].[W].[W].[W].[W].[W].[W].[W].c1ccccc1.c1ccccc1.c1ccccc1.c1ccccc1. The van der Waals surface area contributed by atoms with Gasteiger partial charge in [-0.1, -0.05) is 376 Å². The zero-order valence-electron chi connectivity index (χ0n) is 61.2. The molecule has 0 bridgehead atoms. The van der Waals surface area contributed by atoms with E-state index in [0.29, 0.717) is 0 Å². The predicted octanol–water partition coefficient (Wildman–Crippen LogP) is 27.0. The van der Waals surface area contributed by atoms with Crippen molar-refractivity contribution >= 4 is 46.8 Å². The van der Waals surface area contributed by atoms with Gasteiger partial charge in [0, 0.05) is 226 Å². The molecule has 6 nitrogen and oxygen atoms in total. The van der Waals surface area contributed by atoms with Gasteiger partial charge in [-0.3, -0.25) is 14.4 Å². The number of carbonyl (C=O) groups excluding carboxylic acids is 3. The molecule has 0 saturated carbocycles. The summed E-state index contributed by atoms with van der Waals surface area (Å²) >= 11 is 0. The molecule has 0 amide bonds. The van der Waals surface area contributed by atoms with Crippen molar-refractivity contribution in [3.05, 3.63) is 235 Å². The van der Waals surface area contributed by atoms with Crippen molar-refractivity contribution in [1.82, 2.24) is 0 Å². The van der Waals surface area contributed by atoms with Crippen LogP contribution < -0.4 is 5.19 Å². The Hall–Kier alpha value is 1.15. The molecule has 0 fully saturated rings. The number of methoxy groups -OCH3 is 3. The molecule has 0 heterocycles. The van der Waals surface area contributed by atoms with E-state index in [1.807, 2.05) is 201 Å². The van der Waals surface area contributed by atoms with Crippen molar-refractivity contribution in [3.63, 3.8) is 0 Å². The van der Waals surface area contributed by atoms with Crippen LogP contribution in [0.2, 0.25) is 51.4 Å². The summed E-state index contributed by atoms with van der Waals surface area (Å²) in [4.78, 5) is 30.4. The van der Waals surface area contributed by atoms with Crippen molar-refractivity contribution in [3.8, 4) is 0 Å². The molecular weight excluding hydrogens is 2620 g/mol. The quantitative estimate of drug-likeness (QED) is 0.0915.